The second-order valence-corrected chi connectivity index (χ2v) is 5.27. The number of hydrogen-bond acceptors (Lipinski definition) is 3. The van der Waals surface area contributed by atoms with Crippen molar-refractivity contribution in [1.29, 1.82) is 0 Å². The summed E-state index contributed by atoms with van der Waals surface area (Å²) >= 11 is 1.93. The number of nitrogens with one attached hydrogen (secondary N) is 1. The van der Waals surface area contributed by atoms with E-state index < -0.39 is 5.82 Å². The van der Waals surface area contributed by atoms with E-state index in [0.717, 1.165) is 17.9 Å². The summed E-state index contributed by atoms with van der Waals surface area (Å²) in [4.78, 5) is 0. The number of phenols is 1. The van der Waals surface area contributed by atoms with Crippen molar-refractivity contribution >= 4 is 17.4 Å². The van der Waals surface area contributed by atoms with E-state index in [-0.39, 0.29) is 5.75 Å². The van der Waals surface area contributed by atoms with E-state index in [4.69, 9.17) is 5.11 Å². The van der Waals surface area contributed by atoms with Gasteiger partial charge in [0.2, 0.25) is 0 Å². The average Bonchev–Trinajstić information content (AvgIpc) is 2.59. The van der Waals surface area contributed by atoms with E-state index >= 15 is 0 Å². The number of halogens is 1. The molecule has 2 nitrogen and oxygen atoms in total. The number of hydrogen-bond donors (Lipinski definition) is 2. The van der Waals surface area contributed by atoms with Gasteiger partial charge in [-0.05, 0) is 24.3 Å². The predicted octanol–water partition coefficient (Wildman–Crippen LogP) is 2.84. The van der Waals surface area contributed by atoms with Gasteiger partial charge in [0.1, 0.15) is 0 Å². The Morgan fingerprint density at radius 1 is 1.53 bits per heavy atom. The molecule has 82 valence electrons. The van der Waals surface area contributed by atoms with Gasteiger partial charge in [0.15, 0.2) is 11.6 Å². The second kappa shape index (κ2) is 4.31. The van der Waals surface area contributed by atoms with Crippen LogP contribution >= 0.6 is 11.8 Å². The number of thioether (sulfide) groups is 1. The van der Waals surface area contributed by atoms with Gasteiger partial charge in [-0.25, -0.2) is 4.39 Å². The summed E-state index contributed by atoms with van der Waals surface area (Å²) in [6.07, 6.45) is 1.11. The van der Waals surface area contributed by atoms with E-state index in [1.54, 1.807) is 6.07 Å². The fourth-order valence-electron chi connectivity index (χ4n) is 1.73. The van der Waals surface area contributed by atoms with Crippen molar-refractivity contribution in [3.05, 3.63) is 24.0 Å². The van der Waals surface area contributed by atoms with Crippen molar-refractivity contribution in [2.75, 3.05) is 11.1 Å². The summed E-state index contributed by atoms with van der Waals surface area (Å²) in [7, 11) is 0. The molecular formula is C11H14FNOS. The number of anilines is 1. The molecule has 2 N–H and O–H groups in total. The zero-order valence-corrected chi connectivity index (χ0v) is 9.35. The summed E-state index contributed by atoms with van der Waals surface area (Å²) in [5, 5.41) is 12.9. The Morgan fingerprint density at radius 3 is 2.93 bits per heavy atom. The molecule has 1 aliphatic heterocycles. The van der Waals surface area contributed by atoms with Crippen molar-refractivity contribution in [2.45, 2.75) is 24.6 Å². The first-order chi connectivity index (χ1) is 7.16. The molecule has 0 saturated carbocycles. The van der Waals surface area contributed by atoms with E-state index in [9.17, 15) is 4.39 Å². The minimum Gasteiger partial charge on any atom is -0.505 e. The number of aromatic hydroxyl groups is 1. The van der Waals surface area contributed by atoms with Gasteiger partial charge in [-0.3, -0.25) is 0 Å². The Labute approximate surface area is 92.9 Å². The minimum atomic E-state index is -0.571. The maximum Gasteiger partial charge on any atom is 0.166 e. The molecule has 0 aliphatic carbocycles. The standard InChI is InChI=1S/C11H14FNOS/c1-7-10(4-5-15-7)13-8-2-3-11(14)9(12)6-8/h2-3,6-7,10,13-14H,4-5H2,1H3. The Bertz CT molecular complexity index is 358. The molecule has 0 aromatic heterocycles. The first-order valence-corrected chi connectivity index (χ1v) is 6.08. The number of phenolic OH excluding ortho intramolecular Hbond substituents is 1. The van der Waals surface area contributed by atoms with Gasteiger partial charge in [-0.2, -0.15) is 11.8 Å². The van der Waals surface area contributed by atoms with Crippen molar-refractivity contribution < 1.29 is 9.50 Å². The summed E-state index contributed by atoms with van der Waals surface area (Å²) in [6, 6.07) is 4.82. The fourth-order valence-corrected chi connectivity index (χ4v) is 2.93. The molecule has 0 spiro atoms. The van der Waals surface area contributed by atoms with E-state index in [1.165, 1.54) is 12.1 Å². The highest BCUT2D eigenvalue weighted by Crippen LogP contribution is 2.29. The van der Waals surface area contributed by atoms with Crippen molar-refractivity contribution in [1.82, 2.24) is 0 Å². The SMILES string of the molecule is CC1SCCC1Nc1ccc(O)c(F)c1. The quantitative estimate of drug-likeness (QED) is 0.762. The highest BCUT2D eigenvalue weighted by Gasteiger charge is 2.23. The monoisotopic (exact) mass is 227 g/mol. The molecule has 15 heavy (non-hydrogen) atoms. The molecule has 4 heteroatoms. The van der Waals surface area contributed by atoms with Gasteiger partial charge in [-0.15, -0.1) is 0 Å². The molecule has 0 bridgehead atoms. The van der Waals surface area contributed by atoms with Crippen LogP contribution in [0.3, 0.4) is 0 Å². The molecule has 0 amide bonds. The third-order valence-corrected chi connectivity index (χ3v) is 4.00. The zero-order chi connectivity index (χ0) is 10.8. The van der Waals surface area contributed by atoms with Gasteiger partial charge < -0.3 is 10.4 Å². The average molecular weight is 227 g/mol. The Kier molecular flexibility index (Phi) is 3.05. The van der Waals surface area contributed by atoms with Crippen LogP contribution in [0.15, 0.2) is 18.2 Å². The van der Waals surface area contributed by atoms with E-state index in [2.05, 4.69) is 12.2 Å². The zero-order valence-electron chi connectivity index (χ0n) is 8.53. The van der Waals surface area contributed by atoms with Gasteiger partial charge in [0.05, 0.1) is 0 Å². The molecule has 1 fully saturated rings. The minimum absolute atomic E-state index is 0.297. The van der Waals surface area contributed by atoms with Crippen molar-refractivity contribution in [2.24, 2.45) is 0 Å². The van der Waals surface area contributed by atoms with Gasteiger partial charge in [0, 0.05) is 23.0 Å². The largest absolute Gasteiger partial charge is 0.505 e. The van der Waals surface area contributed by atoms with E-state index in [0.29, 0.717) is 11.3 Å². The first kappa shape index (κ1) is 10.6. The molecule has 1 saturated heterocycles. The van der Waals surface area contributed by atoms with Crippen LogP contribution in [0.2, 0.25) is 0 Å². The summed E-state index contributed by atoms with van der Waals surface area (Å²) in [6.45, 7) is 2.17. The van der Waals surface area contributed by atoms with Crippen LogP contribution in [0.5, 0.6) is 5.75 Å². The van der Waals surface area contributed by atoms with Crippen LogP contribution in [0.25, 0.3) is 0 Å². The van der Waals surface area contributed by atoms with Crippen molar-refractivity contribution in [3.8, 4) is 5.75 Å². The third-order valence-electron chi connectivity index (χ3n) is 2.68. The normalized spacial score (nSPS) is 25.5. The highest BCUT2D eigenvalue weighted by molar-refractivity contribution is 8.00. The topological polar surface area (TPSA) is 32.3 Å². The number of rotatable bonds is 2. The lowest BCUT2D eigenvalue weighted by Gasteiger charge is -2.17. The summed E-state index contributed by atoms with van der Waals surface area (Å²) in [5.41, 5.74) is 0.740. The van der Waals surface area contributed by atoms with Crippen LogP contribution in [0.4, 0.5) is 10.1 Å². The molecular weight excluding hydrogens is 213 g/mol. The van der Waals surface area contributed by atoms with Gasteiger partial charge in [0.25, 0.3) is 0 Å². The van der Waals surface area contributed by atoms with Crippen LogP contribution in [0.1, 0.15) is 13.3 Å². The van der Waals surface area contributed by atoms with Crippen LogP contribution in [0, 0.1) is 5.82 Å². The molecule has 2 rings (SSSR count). The second-order valence-electron chi connectivity index (χ2n) is 3.78. The summed E-state index contributed by atoms with van der Waals surface area (Å²) in [5.74, 6) is 0.284. The molecule has 1 aromatic rings. The molecule has 2 unspecified atom stereocenters. The van der Waals surface area contributed by atoms with Gasteiger partial charge in [-0.1, -0.05) is 6.92 Å². The molecule has 1 aliphatic rings. The fraction of sp³-hybridized carbons (Fsp3) is 0.455. The lowest BCUT2D eigenvalue weighted by Crippen LogP contribution is -2.24. The van der Waals surface area contributed by atoms with Crippen LogP contribution in [-0.4, -0.2) is 22.2 Å². The van der Waals surface area contributed by atoms with Crippen molar-refractivity contribution in [3.63, 3.8) is 0 Å². The molecule has 1 heterocycles. The molecule has 1 aromatic carbocycles. The third kappa shape index (κ3) is 2.37. The molecule has 2 atom stereocenters. The summed E-state index contributed by atoms with van der Waals surface area (Å²) < 4.78 is 13.1. The maximum absolute atomic E-state index is 13.1. The first-order valence-electron chi connectivity index (χ1n) is 5.03. The number of benzene rings is 1. The Balaban J connectivity index is 2.07. The lowest BCUT2D eigenvalue weighted by atomic mass is 10.1. The van der Waals surface area contributed by atoms with Crippen LogP contribution in [-0.2, 0) is 0 Å². The smallest absolute Gasteiger partial charge is 0.166 e. The maximum atomic E-state index is 13.1. The predicted molar refractivity (Wildman–Crippen MR) is 62.0 cm³/mol. The van der Waals surface area contributed by atoms with Gasteiger partial charge >= 0.3 is 0 Å². The Morgan fingerprint density at radius 2 is 2.33 bits per heavy atom. The van der Waals surface area contributed by atoms with E-state index in [1.807, 2.05) is 11.8 Å². The van der Waals surface area contributed by atoms with Crippen LogP contribution < -0.4 is 5.32 Å². The lowest BCUT2D eigenvalue weighted by molar-refractivity contribution is 0.432. The highest BCUT2D eigenvalue weighted by atomic mass is 32.2. The Hall–Kier alpha value is -0.900. The molecule has 0 radical (unpaired) electrons.